The number of hydrogen-bond acceptors (Lipinski definition) is 2. The van der Waals surface area contributed by atoms with Crippen molar-refractivity contribution in [2.75, 3.05) is 5.73 Å². The van der Waals surface area contributed by atoms with Crippen molar-refractivity contribution in [2.45, 2.75) is 0 Å². The highest BCUT2D eigenvalue weighted by molar-refractivity contribution is 6.30. The molecule has 2 rings (SSSR count). The van der Waals surface area contributed by atoms with E-state index in [0.717, 1.165) is 11.3 Å². The van der Waals surface area contributed by atoms with E-state index < -0.39 is 0 Å². The highest BCUT2D eigenvalue weighted by atomic mass is 35.5. The molecule has 3 N–H and O–H groups in total. The average Bonchev–Trinajstić information content (AvgIpc) is 2.60. The summed E-state index contributed by atoms with van der Waals surface area (Å²) in [5.41, 5.74) is 7.78. The maximum absolute atomic E-state index is 8.76. The smallest absolute Gasteiger partial charge is 0.119 e. The molecule has 0 bridgehead atoms. The Bertz CT molecular complexity index is 537. The standard InChI is InChI=1S/C11H8ClN3/c12-9-3-1-2-7(4-9)10-5-8(6-13)11(14)15-10/h1-5,15H,14H2. The van der Waals surface area contributed by atoms with Gasteiger partial charge in [-0.2, -0.15) is 5.26 Å². The van der Waals surface area contributed by atoms with Gasteiger partial charge in [-0.05, 0) is 23.8 Å². The summed E-state index contributed by atoms with van der Waals surface area (Å²) in [6.07, 6.45) is 0. The van der Waals surface area contributed by atoms with Crippen molar-refractivity contribution < 1.29 is 0 Å². The van der Waals surface area contributed by atoms with Crippen LogP contribution in [0.25, 0.3) is 11.3 Å². The first-order valence-corrected chi connectivity index (χ1v) is 4.73. The first-order chi connectivity index (χ1) is 7.20. The van der Waals surface area contributed by atoms with Crippen molar-refractivity contribution in [3.05, 3.63) is 40.9 Å². The fourth-order valence-corrected chi connectivity index (χ4v) is 1.56. The lowest BCUT2D eigenvalue weighted by Gasteiger charge is -1.97. The minimum atomic E-state index is 0.382. The summed E-state index contributed by atoms with van der Waals surface area (Å²) >= 11 is 5.87. The largest absolute Gasteiger partial charge is 0.384 e. The maximum Gasteiger partial charge on any atom is 0.119 e. The van der Waals surface area contributed by atoms with Gasteiger partial charge in [0, 0.05) is 10.7 Å². The van der Waals surface area contributed by atoms with E-state index in [0.29, 0.717) is 16.4 Å². The van der Waals surface area contributed by atoms with Crippen molar-refractivity contribution in [2.24, 2.45) is 0 Å². The third kappa shape index (κ3) is 1.80. The first kappa shape index (κ1) is 9.63. The molecule has 0 unspecified atom stereocenters. The van der Waals surface area contributed by atoms with Gasteiger partial charge in [0.2, 0.25) is 0 Å². The van der Waals surface area contributed by atoms with Gasteiger partial charge in [-0.15, -0.1) is 0 Å². The second-order valence-electron chi connectivity index (χ2n) is 3.13. The predicted molar refractivity (Wildman–Crippen MR) is 60.4 cm³/mol. The van der Waals surface area contributed by atoms with Crippen molar-refractivity contribution in [3.8, 4) is 17.3 Å². The molecule has 0 amide bonds. The summed E-state index contributed by atoms with van der Waals surface area (Å²) in [7, 11) is 0. The Kier molecular flexibility index (Phi) is 2.36. The van der Waals surface area contributed by atoms with Crippen LogP contribution in [0.1, 0.15) is 5.56 Å². The molecule has 0 atom stereocenters. The molecule has 0 aliphatic rings. The molecule has 0 fully saturated rings. The fraction of sp³-hybridized carbons (Fsp3) is 0. The van der Waals surface area contributed by atoms with Crippen LogP contribution in [0.2, 0.25) is 5.02 Å². The molecular weight excluding hydrogens is 210 g/mol. The van der Waals surface area contributed by atoms with E-state index in [-0.39, 0.29) is 0 Å². The molecule has 0 aliphatic heterocycles. The lowest BCUT2D eigenvalue weighted by Crippen LogP contribution is -1.86. The molecule has 15 heavy (non-hydrogen) atoms. The fourth-order valence-electron chi connectivity index (χ4n) is 1.37. The molecular formula is C11H8ClN3. The van der Waals surface area contributed by atoms with Gasteiger partial charge in [0.25, 0.3) is 0 Å². The topological polar surface area (TPSA) is 65.6 Å². The highest BCUT2D eigenvalue weighted by Gasteiger charge is 2.06. The Labute approximate surface area is 92.1 Å². The molecule has 1 heterocycles. The van der Waals surface area contributed by atoms with E-state index in [4.69, 9.17) is 22.6 Å². The monoisotopic (exact) mass is 217 g/mol. The molecule has 0 aliphatic carbocycles. The van der Waals surface area contributed by atoms with Crippen LogP contribution in [0, 0.1) is 11.3 Å². The molecule has 2 aromatic rings. The number of nitrogen functional groups attached to an aromatic ring is 1. The van der Waals surface area contributed by atoms with Crippen molar-refractivity contribution in [1.29, 1.82) is 5.26 Å². The lowest BCUT2D eigenvalue weighted by atomic mass is 10.1. The van der Waals surface area contributed by atoms with Gasteiger partial charge in [-0.25, -0.2) is 0 Å². The van der Waals surface area contributed by atoms with Crippen LogP contribution in [0.3, 0.4) is 0 Å². The zero-order valence-electron chi connectivity index (χ0n) is 7.79. The van der Waals surface area contributed by atoms with Crippen LogP contribution in [-0.2, 0) is 0 Å². The lowest BCUT2D eigenvalue weighted by molar-refractivity contribution is 1.40. The number of H-pyrrole nitrogens is 1. The minimum absolute atomic E-state index is 0.382. The summed E-state index contributed by atoms with van der Waals surface area (Å²) in [6, 6.07) is 11.1. The summed E-state index contributed by atoms with van der Waals surface area (Å²) in [5.74, 6) is 0.382. The number of hydrogen-bond donors (Lipinski definition) is 2. The van der Waals surface area contributed by atoms with E-state index in [1.807, 2.05) is 24.3 Å². The minimum Gasteiger partial charge on any atom is -0.384 e. The van der Waals surface area contributed by atoms with Crippen LogP contribution in [0.5, 0.6) is 0 Å². The molecule has 0 spiro atoms. The molecule has 4 heteroatoms. The van der Waals surface area contributed by atoms with Gasteiger partial charge in [0.15, 0.2) is 0 Å². The third-order valence-electron chi connectivity index (χ3n) is 2.10. The zero-order chi connectivity index (χ0) is 10.8. The molecule has 3 nitrogen and oxygen atoms in total. The van der Waals surface area contributed by atoms with Crippen LogP contribution in [0.15, 0.2) is 30.3 Å². The maximum atomic E-state index is 8.76. The Morgan fingerprint density at radius 1 is 1.33 bits per heavy atom. The summed E-state index contributed by atoms with van der Waals surface area (Å²) in [5, 5.41) is 9.41. The van der Waals surface area contributed by atoms with Gasteiger partial charge in [0.1, 0.15) is 11.9 Å². The number of aromatic nitrogens is 1. The number of nitriles is 1. The van der Waals surface area contributed by atoms with Crippen molar-refractivity contribution in [3.63, 3.8) is 0 Å². The van der Waals surface area contributed by atoms with Gasteiger partial charge >= 0.3 is 0 Å². The first-order valence-electron chi connectivity index (χ1n) is 4.35. The van der Waals surface area contributed by atoms with Crippen LogP contribution in [-0.4, -0.2) is 4.98 Å². The summed E-state index contributed by atoms with van der Waals surface area (Å²) in [4.78, 5) is 2.94. The van der Waals surface area contributed by atoms with Crippen molar-refractivity contribution >= 4 is 17.4 Å². The molecule has 0 radical (unpaired) electrons. The number of nitrogens with two attached hydrogens (primary N) is 1. The molecule has 1 aromatic heterocycles. The summed E-state index contributed by atoms with van der Waals surface area (Å²) in [6.45, 7) is 0. The van der Waals surface area contributed by atoms with Gasteiger partial charge in [-0.3, -0.25) is 0 Å². The second-order valence-corrected chi connectivity index (χ2v) is 3.57. The van der Waals surface area contributed by atoms with E-state index in [1.165, 1.54) is 0 Å². The van der Waals surface area contributed by atoms with Crippen molar-refractivity contribution in [1.82, 2.24) is 4.98 Å². The molecule has 1 aromatic carbocycles. The summed E-state index contributed by atoms with van der Waals surface area (Å²) < 4.78 is 0. The second kappa shape index (κ2) is 3.68. The van der Waals surface area contributed by atoms with E-state index in [1.54, 1.807) is 12.1 Å². The normalized spacial score (nSPS) is 9.87. The number of rotatable bonds is 1. The molecule has 74 valence electrons. The predicted octanol–water partition coefficient (Wildman–Crippen LogP) is 2.79. The number of nitrogens with one attached hydrogen (secondary N) is 1. The number of nitrogens with zero attached hydrogens (tertiary/aromatic N) is 1. The number of aromatic amines is 1. The van der Waals surface area contributed by atoms with E-state index >= 15 is 0 Å². The van der Waals surface area contributed by atoms with Crippen LogP contribution < -0.4 is 5.73 Å². The molecule has 0 saturated heterocycles. The Morgan fingerprint density at radius 2 is 2.13 bits per heavy atom. The molecule has 0 saturated carbocycles. The highest BCUT2D eigenvalue weighted by Crippen LogP contribution is 2.24. The van der Waals surface area contributed by atoms with Gasteiger partial charge in [0.05, 0.1) is 5.56 Å². The number of benzene rings is 1. The zero-order valence-corrected chi connectivity index (χ0v) is 8.55. The van der Waals surface area contributed by atoms with E-state index in [2.05, 4.69) is 4.98 Å². The Balaban J connectivity index is 2.51. The quantitative estimate of drug-likeness (QED) is 0.772. The van der Waals surface area contributed by atoms with Crippen LogP contribution >= 0.6 is 11.6 Å². The van der Waals surface area contributed by atoms with E-state index in [9.17, 15) is 0 Å². The Morgan fingerprint density at radius 3 is 2.73 bits per heavy atom. The SMILES string of the molecule is N#Cc1cc(-c2cccc(Cl)c2)[nH]c1N. The third-order valence-corrected chi connectivity index (χ3v) is 2.34. The number of anilines is 1. The number of halogens is 1. The van der Waals surface area contributed by atoms with Gasteiger partial charge < -0.3 is 10.7 Å². The Hall–Kier alpha value is -1.92. The van der Waals surface area contributed by atoms with Gasteiger partial charge in [-0.1, -0.05) is 23.7 Å². The average molecular weight is 218 g/mol. The van der Waals surface area contributed by atoms with Crippen LogP contribution in [0.4, 0.5) is 5.82 Å².